The molecular weight excluding hydrogens is 262 g/mol. The quantitative estimate of drug-likeness (QED) is 0.909. The van der Waals surface area contributed by atoms with Gasteiger partial charge in [-0.2, -0.15) is 5.10 Å². The van der Waals surface area contributed by atoms with Gasteiger partial charge in [0.15, 0.2) is 0 Å². The van der Waals surface area contributed by atoms with Crippen LogP contribution in [0.4, 0.5) is 5.82 Å². The second-order valence-electron chi connectivity index (χ2n) is 5.15. The fourth-order valence-electron chi connectivity index (χ4n) is 1.36. The molecule has 5 nitrogen and oxygen atoms in total. The largest absolute Gasteiger partial charge is 0.383 e. The molecule has 0 fully saturated rings. The van der Waals surface area contributed by atoms with Crippen molar-refractivity contribution in [3.05, 3.63) is 10.7 Å². The summed E-state index contributed by atoms with van der Waals surface area (Å²) in [5.41, 5.74) is 6.27. The van der Waals surface area contributed by atoms with Crippen LogP contribution < -0.4 is 5.73 Å². The van der Waals surface area contributed by atoms with Crippen molar-refractivity contribution in [1.82, 2.24) is 9.78 Å². The number of hydrogen-bond donors (Lipinski definition) is 1. The summed E-state index contributed by atoms with van der Waals surface area (Å²) in [5, 5.41) is 4.69. The van der Waals surface area contributed by atoms with E-state index in [9.17, 15) is 8.42 Å². The number of halogens is 1. The summed E-state index contributed by atoms with van der Waals surface area (Å²) in [6.45, 7) is 6.14. The highest BCUT2D eigenvalue weighted by Gasteiger charge is 2.24. The zero-order valence-electron chi connectivity index (χ0n) is 10.5. The van der Waals surface area contributed by atoms with Gasteiger partial charge in [-0.1, -0.05) is 32.4 Å². The summed E-state index contributed by atoms with van der Waals surface area (Å²) in [6.07, 6.45) is 1.18. The van der Waals surface area contributed by atoms with Crippen LogP contribution in [0.15, 0.2) is 0 Å². The minimum absolute atomic E-state index is 0.00120. The molecule has 0 aromatic carbocycles. The van der Waals surface area contributed by atoms with Crippen LogP contribution in [0.5, 0.6) is 0 Å². The van der Waals surface area contributed by atoms with Gasteiger partial charge in [0, 0.05) is 11.7 Å². The highest BCUT2D eigenvalue weighted by Crippen LogP contribution is 2.32. The minimum Gasteiger partial charge on any atom is -0.383 e. The molecule has 0 bridgehead atoms. The second kappa shape index (κ2) is 4.49. The molecule has 0 saturated heterocycles. The first kappa shape index (κ1) is 14.3. The molecule has 0 saturated carbocycles. The van der Waals surface area contributed by atoms with Crippen molar-refractivity contribution >= 4 is 27.3 Å². The van der Waals surface area contributed by atoms with Crippen molar-refractivity contribution in [2.24, 2.45) is 0 Å². The molecule has 7 heteroatoms. The fourth-order valence-corrected chi connectivity index (χ4v) is 2.28. The molecule has 1 heterocycles. The number of nitrogens with two attached hydrogens (primary N) is 1. The number of nitrogens with zero attached hydrogens (tertiary/aromatic N) is 2. The Hall–Kier alpha value is -0.750. The van der Waals surface area contributed by atoms with Crippen LogP contribution in [0, 0.1) is 0 Å². The number of rotatable bonds is 3. The molecule has 0 spiro atoms. The molecule has 1 aromatic heterocycles. The molecule has 1 aromatic rings. The van der Waals surface area contributed by atoms with Gasteiger partial charge in [0.05, 0.1) is 18.0 Å². The van der Waals surface area contributed by atoms with Crippen molar-refractivity contribution in [2.45, 2.75) is 32.7 Å². The number of hydrogen-bond acceptors (Lipinski definition) is 4. The van der Waals surface area contributed by atoms with Crippen LogP contribution in [-0.4, -0.2) is 30.2 Å². The lowest BCUT2D eigenvalue weighted by molar-refractivity contribution is 0.539. The van der Waals surface area contributed by atoms with Gasteiger partial charge in [0.25, 0.3) is 0 Å². The normalized spacial score (nSPS) is 13.0. The topological polar surface area (TPSA) is 78.0 Å². The maximum atomic E-state index is 11.1. The van der Waals surface area contributed by atoms with Crippen LogP contribution >= 0.6 is 11.6 Å². The van der Waals surface area contributed by atoms with Crippen molar-refractivity contribution in [3.63, 3.8) is 0 Å². The maximum Gasteiger partial charge on any atom is 0.149 e. The molecule has 0 aliphatic heterocycles. The van der Waals surface area contributed by atoms with E-state index in [0.29, 0.717) is 16.5 Å². The molecule has 98 valence electrons. The lowest BCUT2D eigenvalue weighted by Crippen LogP contribution is -2.16. The summed E-state index contributed by atoms with van der Waals surface area (Å²) in [5.74, 6) is 0.318. The Morgan fingerprint density at radius 2 is 1.94 bits per heavy atom. The molecule has 0 aliphatic carbocycles. The van der Waals surface area contributed by atoms with Gasteiger partial charge in [0.1, 0.15) is 20.7 Å². The second-order valence-corrected chi connectivity index (χ2v) is 7.79. The Balaban J connectivity index is 3.04. The standard InChI is InChI=1S/C10H18ClN3O2S/c1-10(2,3)8-7(11)9(12)14(13-8)5-6-17(4,15)16/h5-6,12H2,1-4H3. The monoisotopic (exact) mass is 279 g/mol. The lowest BCUT2D eigenvalue weighted by Gasteiger charge is -2.15. The van der Waals surface area contributed by atoms with Crippen molar-refractivity contribution < 1.29 is 8.42 Å². The van der Waals surface area contributed by atoms with Crippen LogP contribution in [0.3, 0.4) is 0 Å². The van der Waals surface area contributed by atoms with Gasteiger partial charge in [-0.15, -0.1) is 0 Å². The third-order valence-corrected chi connectivity index (χ3v) is 3.61. The number of sulfone groups is 1. The fraction of sp³-hybridized carbons (Fsp3) is 0.700. The SMILES string of the molecule is CC(C)(C)c1nn(CCS(C)(=O)=O)c(N)c1Cl. The van der Waals surface area contributed by atoms with Gasteiger partial charge in [-0.05, 0) is 0 Å². The Bertz CT molecular complexity index is 514. The van der Waals surface area contributed by atoms with E-state index in [0.717, 1.165) is 0 Å². The number of aryl methyl sites for hydroxylation is 1. The van der Waals surface area contributed by atoms with E-state index >= 15 is 0 Å². The Labute approximate surface area is 107 Å². The third-order valence-electron chi connectivity index (χ3n) is 2.32. The molecular formula is C10H18ClN3O2S. The average molecular weight is 280 g/mol. The zero-order valence-corrected chi connectivity index (χ0v) is 12.1. The van der Waals surface area contributed by atoms with Crippen LogP contribution in [0.25, 0.3) is 0 Å². The molecule has 17 heavy (non-hydrogen) atoms. The molecule has 2 N–H and O–H groups in total. The van der Waals surface area contributed by atoms with Crippen LogP contribution in [0.1, 0.15) is 26.5 Å². The van der Waals surface area contributed by atoms with Gasteiger partial charge >= 0.3 is 0 Å². The van der Waals surface area contributed by atoms with E-state index in [1.54, 1.807) is 0 Å². The van der Waals surface area contributed by atoms with E-state index in [-0.39, 0.29) is 17.7 Å². The van der Waals surface area contributed by atoms with E-state index < -0.39 is 9.84 Å². The number of nitrogen functional groups attached to an aromatic ring is 1. The minimum atomic E-state index is -3.04. The van der Waals surface area contributed by atoms with E-state index in [2.05, 4.69) is 5.10 Å². The van der Waals surface area contributed by atoms with Crippen LogP contribution in [0.2, 0.25) is 5.02 Å². The van der Waals surface area contributed by atoms with Gasteiger partial charge < -0.3 is 5.73 Å². The van der Waals surface area contributed by atoms with Crippen molar-refractivity contribution in [2.75, 3.05) is 17.7 Å². The average Bonchev–Trinajstić information content (AvgIpc) is 2.39. The first-order chi connectivity index (χ1) is 7.52. The summed E-state index contributed by atoms with van der Waals surface area (Å²) in [7, 11) is -3.04. The zero-order chi connectivity index (χ0) is 13.4. The highest BCUT2D eigenvalue weighted by atomic mass is 35.5. The predicted octanol–water partition coefficient (Wildman–Crippen LogP) is 1.46. The van der Waals surface area contributed by atoms with Gasteiger partial charge in [-0.3, -0.25) is 0 Å². The number of anilines is 1. The Morgan fingerprint density at radius 3 is 2.29 bits per heavy atom. The molecule has 0 radical (unpaired) electrons. The van der Waals surface area contributed by atoms with Gasteiger partial charge in [-0.25, -0.2) is 13.1 Å². The summed E-state index contributed by atoms with van der Waals surface area (Å²) in [6, 6.07) is 0. The number of aromatic nitrogens is 2. The smallest absolute Gasteiger partial charge is 0.149 e. The van der Waals surface area contributed by atoms with E-state index in [1.165, 1.54) is 10.9 Å². The Kier molecular flexibility index (Phi) is 3.78. The first-order valence-corrected chi connectivity index (χ1v) is 7.66. The third kappa shape index (κ3) is 3.61. The van der Waals surface area contributed by atoms with Crippen LogP contribution in [-0.2, 0) is 21.8 Å². The van der Waals surface area contributed by atoms with Gasteiger partial charge in [0.2, 0.25) is 0 Å². The molecule has 0 amide bonds. The first-order valence-electron chi connectivity index (χ1n) is 5.22. The summed E-state index contributed by atoms with van der Waals surface area (Å²) >= 11 is 6.09. The summed E-state index contributed by atoms with van der Waals surface area (Å²) < 4.78 is 23.6. The summed E-state index contributed by atoms with van der Waals surface area (Å²) in [4.78, 5) is 0. The molecule has 1 rings (SSSR count). The maximum absolute atomic E-state index is 11.1. The molecule has 0 atom stereocenters. The predicted molar refractivity (Wildman–Crippen MR) is 70.1 cm³/mol. The van der Waals surface area contributed by atoms with E-state index in [4.69, 9.17) is 17.3 Å². The van der Waals surface area contributed by atoms with E-state index in [1.807, 2.05) is 20.8 Å². The molecule has 0 unspecified atom stereocenters. The highest BCUT2D eigenvalue weighted by molar-refractivity contribution is 7.90. The van der Waals surface area contributed by atoms with Crippen molar-refractivity contribution in [1.29, 1.82) is 0 Å². The van der Waals surface area contributed by atoms with Crippen molar-refractivity contribution in [3.8, 4) is 0 Å². The lowest BCUT2D eigenvalue weighted by atomic mass is 9.92. The Morgan fingerprint density at radius 1 is 1.41 bits per heavy atom. The molecule has 0 aliphatic rings.